The van der Waals surface area contributed by atoms with Crippen LogP contribution in [-0.4, -0.2) is 11.2 Å². The maximum absolute atomic E-state index is 10.2. The van der Waals surface area contributed by atoms with Gasteiger partial charge in [-0.15, -0.1) is 0 Å². The summed E-state index contributed by atoms with van der Waals surface area (Å²) in [5.41, 5.74) is 2.59. The standard InChI is InChI=1S/C28H48O/c1-18(2)19(3)7-8-20(4)24-11-12-25-23-10-9-21-17-22(29)13-15-27(21,5)26(23)14-16-28(24,25)6/h9,18-20,22-26,29H,7-8,10-17H2,1-6H3/t19-,20?,22+,23+,24?,25?,26?,27+,28-/m1/s1. The lowest BCUT2D eigenvalue weighted by Crippen LogP contribution is -2.50. The van der Waals surface area contributed by atoms with Gasteiger partial charge in [0.2, 0.25) is 0 Å². The van der Waals surface area contributed by atoms with Crippen molar-refractivity contribution in [3.63, 3.8) is 0 Å². The van der Waals surface area contributed by atoms with E-state index >= 15 is 0 Å². The highest BCUT2D eigenvalue weighted by Crippen LogP contribution is 2.67. The fourth-order valence-corrected chi connectivity index (χ4v) is 8.68. The Bertz CT molecular complexity index is 620. The maximum atomic E-state index is 10.2. The molecule has 4 unspecified atom stereocenters. The van der Waals surface area contributed by atoms with Crippen LogP contribution in [0, 0.1) is 52.3 Å². The summed E-state index contributed by atoms with van der Waals surface area (Å²) in [4.78, 5) is 0. The highest BCUT2D eigenvalue weighted by atomic mass is 16.3. The summed E-state index contributed by atoms with van der Waals surface area (Å²) < 4.78 is 0. The summed E-state index contributed by atoms with van der Waals surface area (Å²) in [6.07, 6.45) is 15.7. The van der Waals surface area contributed by atoms with Crippen LogP contribution < -0.4 is 0 Å². The zero-order chi connectivity index (χ0) is 21.0. The second-order valence-electron chi connectivity index (χ2n) is 12.7. The lowest BCUT2D eigenvalue weighted by Gasteiger charge is -2.58. The number of aliphatic hydroxyl groups excluding tert-OH is 1. The van der Waals surface area contributed by atoms with E-state index in [4.69, 9.17) is 0 Å². The summed E-state index contributed by atoms with van der Waals surface area (Å²) in [7, 11) is 0. The molecule has 0 aromatic heterocycles. The third-order valence-corrected chi connectivity index (χ3v) is 11.1. The Balaban J connectivity index is 1.49. The molecule has 4 aliphatic rings. The molecule has 0 aliphatic heterocycles. The van der Waals surface area contributed by atoms with Crippen molar-refractivity contribution in [1.82, 2.24) is 0 Å². The van der Waals surface area contributed by atoms with Crippen LogP contribution in [0.25, 0.3) is 0 Å². The van der Waals surface area contributed by atoms with Crippen LogP contribution in [0.2, 0.25) is 0 Å². The average Bonchev–Trinajstić information content (AvgIpc) is 3.03. The summed E-state index contributed by atoms with van der Waals surface area (Å²) in [6.45, 7) is 15.1. The molecule has 1 heteroatoms. The second kappa shape index (κ2) is 7.99. The molecule has 3 saturated carbocycles. The van der Waals surface area contributed by atoms with E-state index in [-0.39, 0.29) is 6.10 Å². The molecular weight excluding hydrogens is 352 g/mol. The molecule has 0 bridgehead atoms. The molecule has 166 valence electrons. The first-order valence-electron chi connectivity index (χ1n) is 13.0. The van der Waals surface area contributed by atoms with Gasteiger partial charge in [-0.3, -0.25) is 0 Å². The number of fused-ring (bicyclic) bond motifs is 5. The normalized spacial score (nSPS) is 46.5. The molecule has 4 aliphatic carbocycles. The Labute approximate surface area is 181 Å². The van der Waals surface area contributed by atoms with Crippen LogP contribution >= 0.6 is 0 Å². The highest BCUT2D eigenvalue weighted by Gasteiger charge is 2.59. The molecule has 0 spiro atoms. The lowest BCUT2D eigenvalue weighted by molar-refractivity contribution is -0.0574. The van der Waals surface area contributed by atoms with Gasteiger partial charge in [0.1, 0.15) is 0 Å². The van der Waals surface area contributed by atoms with Crippen molar-refractivity contribution in [2.75, 3.05) is 0 Å². The van der Waals surface area contributed by atoms with Crippen LogP contribution in [0.3, 0.4) is 0 Å². The third-order valence-electron chi connectivity index (χ3n) is 11.1. The van der Waals surface area contributed by atoms with Crippen molar-refractivity contribution >= 4 is 0 Å². The van der Waals surface area contributed by atoms with Crippen molar-refractivity contribution in [3.05, 3.63) is 11.6 Å². The third kappa shape index (κ3) is 3.66. The van der Waals surface area contributed by atoms with E-state index in [2.05, 4.69) is 47.6 Å². The monoisotopic (exact) mass is 400 g/mol. The largest absolute Gasteiger partial charge is 0.393 e. The SMILES string of the molecule is CC(CC[C@@H](C)C(C)C)C1CCC2[C@@H]3CC=C4C[C@@H](O)CC[C@]4(C)C3CC[C@]12C. The molecule has 0 amide bonds. The molecule has 1 N–H and O–H groups in total. The van der Waals surface area contributed by atoms with Gasteiger partial charge in [-0.25, -0.2) is 0 Å². The number of hydrogen-bond acceptors (Lipinski definition) is 1. The Morgan fingerprint density at radius 2 is 1.72 bits per heavy atom. The molecule has 4 rings (SSSR count). The quantitative estimate of drug-likeness (QED) is 0.470. The van der Waals surface area contributed by atoms with E-state index in [1.807, 2.05) is 0 Å². The van der Waals surface area contributed by atoms with Gasteiger partial charge >= 0.3 is 0 Å². The fraction of sp³-hybridized carbons (Fsp3) is 0.929. The van der Waals surface area contributed by atoms with Gasteiger partial charge in [0.25, 0.3) is 0 Å². The van der Waals surface area contributed by atoms with Gasteiger partial charge in [0, 0.05) is 0 Å². The van der Waals surface area contributed by atoms with Crippen LogP contribution in [0.4, 0.5) is 0 Å². The Kier molecular flexibility index (Phi) is 6.04. The van der Waals surface area contributed by atoms with Crippen molar-refractivity contribution < 1.29 is 5.11 Å². The predicted octanol–water partition coefficient (Wildman–Crippen LogP) is 7.63. The fourth-order valence-electron chi connectivity index (χ4n) is 8.68. The first-order valence-corrected chi connectivity index (χ1v) is 13.0. The predicted molar refractivity (Wildman–Crippen MR) is 124 cm³/mol. The van der Waals surface area contributed by atoms with Crippen molar-refractivity contribution in [1.29, 1.82) is 0 Å². The summed E-state index contributed by atoms with van der Waals surface area (Å²) in [5.74, 6) is 6.24. The Morgan fingerprint density at radius 1 is 0.966 bits per heavy atom. The smallest absolute Gasteiger partial charge is 0.0577 e. The summed E-state index contributed by atoms with van der Waals surface area (Å²) in [6, 6.07) is 0. The first-order chi connectivity index (χ1) is 13.7. The van der Waals surface area contributed by atoms with Crippen molar-refractivity contribution in [3.8, 4) is 0 Å². The van der Waals surface area contributed by atoms with E-state index in [1.165, 1.54) is 51.4 Å². The zero-order valence-corrected chi connectivity index (χ0v) is 20.2. The van der Waals surface area contributed by atoms with E-state index in [9.17, 15) is 5.11 Å². The van der Waals surface area contributed by atoms with Gasteiger partial charge in [0.15, 0.2) is 0 Å². The minimum atomic E-state index is -0.0790. The number of rotatable bonds is 5. The molecule has 1 nitrogen and oxygen atoms in total. The van der Waals surface area contributed by atoms with E-state index in [0.29, 0.717) is 10.8 Å². The van der Waals surface area contributed by atoms with Gasteiger partial charge in [-0.2, -0.15) is 0 Å². The van der Waals surface area contributed by atoms with Crippen LogP contribution in [0.1, 0.15) is 106 Å². The molecule has 0 aromatic rings. The summed E-state index contributed by atoms with van der Waals surface area (Å²) in [5, 5.41) is 10.2. The zero-order valence-electron chi connectivity index (χ0n) is 20.2. The molecule has 3 fully saturated rings. The number of hydrogen-bond donors (Lipinski definition) is 1. The Hall–Kier alpha value is -0.300. The minimum Gasteiger partial charge on any atom is -0.393 e. The topological polar surface area (TPSA) is 20.2 Å². The molecule has 0 saturated heterocycles. The molecule has 0 heterocycles. The van der Waals surface area contributed by atoms with Crippen LogP contribution in [0.5, 0.6) is 0 Å². The molecule has 9 atom stereocenters. The van der Waals surface area contributed by atoms with Gasteiger partial charge < -0.3 is 5.11 Å². The molecule has 29 heavy (non-hydrogen) atoms. The molecule has 0 aromatic carbocycles. The number of aliphatic hydroxyl groups is 1. The van der Waals surface area contributed by atoms with E-state index in [0.717, 1.165) is 54.3 Å². The minimum absolute atomic E-state index is 0.0790. The van der Waals surface area contributed by atoms with Crippen LogP contribution in [-0.2, 0) is 0 Å². The lowest BCUT2D eigenvalue weighted by atomic mass is 9.47. The molecular formula is C28H48O. The Morgan fingerprint density at radius 3 is 2.45 bits per heavy atom. The average molecular weight is 401 g/mol. The highest BCUT2D eigenvalue weighted by molar-refractivity contribution is 5.25. The first kappa shape index (κ1) is 21.9. The number of allylic oxidation sites excluding steroid dienone is 1. The molecule has 0 radical (unpaired) electrons. The van der Waals surface area contributed by atoms with Crippen molar-refractivity contribution in [2.45, 2.75) is 112 Å². The van der Waals surface area contributed by atoms with Gasteiger partial charge in [-0.05, 0) is 104 Å². The second-order valence-corrected chi connectivity index (χ2v) is 12.7. The van der Waals surface area contributed by atoms with Crippen molar-refractivity contribution in [2.24, 2.45) is 52.3 Å². The maximum Gasteiger partial charge on any atom is 0.0577 e. The van der Waals surface area contributed by atoms with Gasteiger partial charge in [-0.1, -0.05) is 66.0 Å². The summed E-state index contributed by atoms with van der Waals surface area (Å²) >= 11 is 0. The van der Waals surface area contributed by atoms with E-state index < -0.39 is 0 Å². The van der Waals surface area contributed by atoms with Crippen LogP contribution in [0.15, 0.2) is 11.6 Å². The van der Waals surface area contributed by atoms with E-state index in [1.54, 1.807) is 5.57 Å². The van der Waals surface area contributed by atoms with Gasteiger partial charge in [0.05, 0.1) is 6.10 Å².